The van der Waals surface area contributed by atoms with Gasteiger partial charge in [0.05, 0.1) is 16.6 Å². The third-order valence-corrected chi connectivity index (χ3v) is 6.98. The van der Waals surface area contributed by atoms with Gasteiger partial charge in [-0.25, -0.2) is 0 Å². The minimum atomic E-state index is -1.53. The van der Waals surface area contributed by atoms with E-state index in [1.54, 1.807) is 6.07 Å². The Morgan fingerprint density at radius 2 is 1.26 bits per heavy atom. The average Bonchev–Trinajstić information content (AvgIpc) is 3.44. The molecule has 0 saturated carbocycles. The molecule has 5 heteroatoms. The lowest BCUT2D eigenvalue weighted by Crippen LogP contribution is -2.30. The SMILES string of the molecule is OB(O)c1cccc2c1[nH]c1c(-c3ccc4c(c3)c3ccccc3n4-c3ccccc3)cccc12. The molecule has 0 atom stereocenters. The topological polar surface area (TPSA) is 61.2 Å². The van der Waals surface area contributed by atoms with Crippen molar-refractivity contribution in [3.8, 4) is 16.8 Å². The number of nitrogens with zero attached hydrogens (tertiary/aromatic N) is 1. The van der Waals surface area contributed by atoms with Crippen molar-refractivity contribution in [2.24, 2.45) is 0 Å². The number of benzene rings is 5. The predicted molar refractivity (Wildman–Crippen MR) is 145 cm³/mol. The first-order valence-corrected chi connectivity index (χ1v) is 11.7. The Bertz CT molecular complexity index is 1880. The summed E-state index contributed by atoms with van der Waals surface area (Å²) in [5.41, 5.74) is 7.89. The molecule has 0 spiro atoms. The quantitative estimate of drug-likeness (QED) is 0.299. The Labute approximate surface area is 201 Å². The molecule has 0 amide bonds. The van der Waals surface area contributed by atoms with Crippen LogP contribution in [0.2, 0.25) is 0 Å². The zero-order valence-corrected chi connectivity index (χ0v) is 18.8. The summed E-state index contributed by atoms with van der Waals surface area (Å²) in [4.78, 5) is 3.49. The van der Waals surface area contributed by atoms with Gasteiger partial charge in [-0.05, 0) is 35.9 Å². The average molecular weight is 452 g/mol. The minimum absolute atomic E-state index is 0.478. The van der Waals surface area contributed by atoms with Crippen molar-refractivity contribution in [2.75, 3.05) is 0 Å². The van der Waals surface area contributed by atoms with Gasteiger partial charge in [-0.3, -0.25) is 0 Å². The van der Waals surface area contributed by atoms with Gasteiger partial charge < -0.3 is 19.6 Å². The monoisotopic (exact) mass is 452 g/mol. The summed E-state index contributed by atoms with van der Waals surface area (Å²) in [7, 11) is -1.53. The number of hydrogen-bond acceptors (Lipinski definition) is 2. The van der Waals surface area contributed by atoms with Gasteiger partial charge in [0.1, 0.15) is 0 Å². The summed E-state index contributed by atoms with van der Waals surface area (Å²) in [5, 5.41) is 24.2. The van der Waals surface area contributed by atoms with Crippen molar-refractivity contribution in [3.63, 3.8) is 0 Å². The van der Waals surface area contributed by atoms with Gasteiger partial charge in [-0.1, -0.05) is 78.9 Å². The molecule has 7 aromatic rings. The zero-order valence-electron chi connectivity index (χ0n) is 18.8. The summed E-state index contributed by atoms with van der Waals surface area (Å²) in [5.74, 6) is 0. The first kappa shape index (κ1) is 20.1. The third kappa shape index (κ3) is 2.96. The Kier molecular flexibility index (Phi) is 4.36. The molecule has 35 heavy (non-hydrogen) atoms. The summed E-state index contributed by atoms with van der Waals surface area (Å²) >= 11 is 0. The van der Waals surface area contributed by atoms with E-state index in [4.69, 9.17) is 0 Å². The van der Waals surface area contributed by atoms with Crippen molar-refractivity contribution in [1.29, 1.82) is 0 Å². The molecule has 0 unspecified atom stereocenters. The molecule has 0 aliphatic heterocycles. The van der Waals surface area contributed by atoms with Gasteiger partial charge in [-0.2, -0.15) is 0 Å². The smallest absolute Gasteiger partial charge is 0.423 e. The lowest BCUT2D eigenvalue weighted by atomic mass is 9.79. The van der Waals surface area contributed by atoms with E-state index in [9.17, 15) is 10.0 Å². The number of H-pyrrole nitrogens is 1. The molecular formula is C30H21BN2O2. The summed E-state index contributed by atoms with van der Waals surface area (Å²) in [6.07, 6.45) is 0. The number of para-hydroxylation sites is 4. The highest BCUT2D eigenvalue weighted by molar-refractivity contribution is 6.62. The predicted octanol–water partition coefficient (Wildman–Crippen LogP) is 5.77. The highest BCUT2D eigenvalue weighted by atomic mass is 16.4. The second-order valence-corrected chi connectivity index (χ2v) is 8.92. The molecule has 0 saturated heterocycles. The molecule has 7 rings (SSSR count). The van der Waals surface area contributed by atoms with Gasteiger partial charge >= 0.3 is 7.12 Å². The number of aromatic nitrogens is 2. The second-order valence-electron chi connectivity index (χ2n) is 8.92. The first-order chi connectivity index (χ1) is 17.2. The zero-order chi connectivity index (χ0) is 23.5. The molecule has 0 bridgehead atoms. The Morgan fingerprint density at radius 1 is 0.571 bits per heavy atom. The van der Waals surface area contributed by atoms with E-state index < -0.39 is 7.12 Å². The molecule has 2 heterocycles. The lowest BCUT2D eigenvalue weighted by molar-refractivity contribution is 0.426. The van der Waals surface area contributed by atoms with E-state index in [1.165, 1.54) is 16.3 Å². The van der Waals surface area contributed by atoms with E-state index in [0.717, 1.165) is 44.1 Å². The van der Waals surface area contributed by atoms with Crippen LogP contribution in [0.25, 0.3) is 60.4 Å². The van der Waals surface area contributed by atoms with E-state index >= 15 is 0 Å². The van der Waals surface area contributed by atoms with Gasteiger partial charge in [0, 0.05) is 43.8 Å². The normalized spacial score (nSPS) is 11.7. The standard InChI is InChI=1S/C30H21BN2O2/c34-31(35)26-14-7-13-24-23-12-6-11-21(29(23)32-30(24)26)19-16-17-28-25(18-19)22-10-4-5-15-27(22)33(28)20-8-2-1-3-9-20/h1-18,32,34-35H. The van der Waals surface area contributed by atoms with Gasteiger partial charge in [0.15, 0.2) is 0 Å². The Hall–Kier alpha value is -4.32. The van der Waals surface area contributed by atoms with Crippen LogP contribution >= 0.6 is 0 Å². The lowest BCUT2D eigenvalue weighted by Gasteiger charge is -2.08. The minimum Gasteiger partial charge on any atom is -0.423 e. The number of fused-ring (bicyclic) bond motifs is 6. The van der Waals surface area contributed by atoms with Crippen LogP contribution in [0.3, 0.4) is 0 Å². The van der Waals surface area contributed by atoms with Crippen LogP contribution in [0.1, 0.15) is 0 Å². The van der Waals surface area contributed by atoms with Crippen molar-refractivity contribution >= 4 is 56.2 Å². The Balaban J connectivity index is 1.51. The van der Waals surface area contributed by atoms with Crippen LogP contribution in [0.15, 0.2) is 109 Å². The maximum absolute atomic E-state index is 9.88. The summed E-state index contributed by atoms with van der Waals surface area (Å²) < 4.78 is 2.31. The molecule has 0 aliphatic rings. The van der Waals surface area contributed by atoms with E-state index in [2.05, 4.69) is 94.5 Å². The van der Waals surface area contributed by atoms with Crippen LogP contribution < -0.4 is 5.46 Å². The highest BCUT2D eigenvalue weighted by Gasteiger charge is 2.19. The van der Waals surface area contributed by atoms with Crippen LogP contribution in [0.4, 0.5) is 0 Å². The van der Waals surface area contributed by atoms with E-state index in [0.29, 0.717) is 5.46 Å². The third-order valence-electron chi connectivity index (χ3n) is 6.98. The van der Waals surface area contributed by atoms with Gasteiger partial charge in [0.25, 0.3) is 0 Å². The molecule has 2 aromatic heterocycles. The molecule has 0 radical (unpaired) electrons. The molecule has 0 fully saturated rings. The van der Waals surface area contributed by atoms with Crippen molar-refractivity contribution in [1.82, 2.24) is 9.55 Å². The molecule has 166 valence electrons. The first-order valence-electron chi connectivity index (χ1n) is 11.7. The molecule has 5 aromatic carbocycles. The van der Waals surface area contributed by atoms with Crippen molar-refractivity contribution in [2.45, 2.75) is 0 Å². The van der Waals surface area contributed by atoms with Gasteiger partial charge in [0.2, 0.25) is 0 Å². The van der Waals surface area contributed by atoms with E-state index in [-0.39, 0.29) is 0 Å². The van der Waals surface area contributed by atoms with Crippen molar-refractivity contribution in [3.05, 3.63) is 109 Å². The fourth-order valence-corrected chi connectivity index (χ4v) is 5.42. The van der Waals surface area contributed by atoms with E-state index in [1.807, 2.05) is 18.2 Å². The number of hydrogen-bond donors (Lipinski definition) is 3. The number of aromatic amines is 1. The van der Waals surface area contributed by atoms with Crippen LogP contribution in [-0.4, -0.2) is 26.7 Å². The summed E-state index contributed by atoms with van der Waals surface area (Å²) in [6, 6.07) is 37.5. The molecule has 4 nitrogen and oxygen atoms in total. The fourth-order valence-electron chi connectivity index (χ4n) is 5.42. The molecule has 3 N–H and O–H groups in total. The Morgan fingerprint density at radius 3 is 2.09 bits per heavy atom. The number of rotatable bonds is 3. The number of nitrogens with one attached hydrogen (secondary N) is 1. The maximum atomic E-state index is 9.88. The summed E-state index contributed by atoms with van der Waals surface area (Å²) in [6.45, 7) is 0. The molecule has 0 aliphatic carbocycles. The molecular weight excluding hydrogens is 431 g/mol. The maximum Gasteiger partial charge on any atom is 0.490 e. The van der Waals surface area contributed by atoms with Crippen LogP contribution in [0.5, 0.6) is 0 Å². The van der Waals surface area contributed by atoms with Crippen molar-refractivity contribution < 1.29 is 10.0 Å². The highest BCUT2D eigenvalue weighted by Crippen LogP contribution is 2.37. The van der Waals surface area contributed by atoms with Crippen LogP contribution in [-0.2, 0) is 0 Å². The van der Waals surface area contributed by atoms with Gasteiger partial charge in [-0.15, -0.1) is 0 Å². The second kappa shape index (κ2) is 7.60. The largest absolute Gasteiger partial charge is 0.490 e. The van der Waals surface area contributed by atoms with Crippen LogP contribution in [0, 0.1) is 0 Å². The fraction of sp³-hybridized carbons (Fsp3) is 0.